The summed E-state index contributed by atoms with van der Waals surface area (Å²) in [5, 5.41) is 8.87. The van der Waals surface area contributed by atoms with E-state index in [4.69, 9.17) is 14.7 Å². The highest BCUT2D eigenvalue weighted by atomic mass is 16.6. The lowest BCUT2D eigenvalue weighted by atomic mass is 9.82. The van der Waals surface area contributed by atoms with Gasteiger partial charge in [0.25, 0.3) is 0 Å². The predicted octanol–water partition coefficient (Wildman–Crippen LogP) is 4.58. The molecule has 1 fully saturated rings. The highest BCUT2D eigenvalue weighted by Gasteiger charge is 2.27. The Morgan fingerprint density at radius 1 is 1.16 bits per heavy atom. The predicted molar refractivity (Wildman–Crippen MR) is 97.1 cm³/mol. The molecule has 0 bridgehead atoms. The van der Waals surface area contributed by atoms with E-state index in [1.54, 1.807) is 0 Å². The van der Waals surface area contributed by atoms with Gasteiger partial charge >= 0.3 is 5.97 Å². The number of hydrogen-bond donors (Lipinski definition) is 0. The van der Waals surface area contributed by atoms with Crippen molar-refractivity contribution in [3.8, 4) is 6.07 Å². The van der Waals surface area contributed by atoms with Gasteiger partial charge in [-0.25, -0.2) is 0 Å². The maximum absolute atomic E-state index is 11.9. The number of ether oxygens (including phenoxy) is 2. The first-order valence-electron chi connectivity index (χ1n) is 9.25. The molecule has 0 amide bonds. The molecule has 0 spiro atoms. The topological polar surface area (TPSA) is 59.3 Å². The van der Waals surface area contributed by atoms with Crippen molar-refractivity contribution in [2.24, 2.45) is 5.41 Å². The quantitative estimate of drug-likeness (QED) is 0.537. The van der Waals surface area contributed by atoms with Crippen molar-refractivity contribution in [3.63, 3.8) is 0 Å². The van der Waals surface area contributed by atoms with Gasteiger partial charge in [-0.05, 0) is 69.6 Å². The van der Waals surface area contributed by atoms with Gasteiger partial charge in [-0.2, -0.15) is 5.26 Å². The van der Waals surface area contributed by atoms with Crippen LogP contribution in [0.5, 0.6) is 0 Å². The number of nitrogens with zero attached hydrogens (tertiary/aromatic N) is 1. The van der Waals surface area contributed by atoms with Crippen molar-refractivity contribution >= 4 is 5.97 Å². The summed E-state index contributed by atoms with van der Waals surface area (Å²) >= 11 is 0. The molecule has 0 aromatic heterocycles. The minimum absolute atomic E-state index is 0.150. The lowest BCUT2D eigenvalue weighted by molar-refractivity contribution is -0.156. The minimum atomic E-state index is -0.418. The molecule has 136 valence electrons. The summed E-state index contributed by atoms with van der Waals surface area (Å²) in [5.41, 5.74) is 1.61. The summed E-state index contributed by atoms with van der Waals surface area (Å²) < 4.78 is 11.2. The third-order valence-electron chi connectivity index (χ3n) is 5.29. The molecule has 0 atom stereocenters. The highest BCUT2D eigenvalue weighted by Crippen LogP contribution is 2.34. The van der Waals surface area contributed by atoms with Crippen LogP contribution < -0.4 is 0 Å². The van der Waals surface area contributed by atoms with E-state index in [9.17, 15) is 4.79 Å². The summed E-state index contributed by atoms with van der Waals surface area (Å²) in [6.45, 7) is 6.60. The van der Waals surface area contributed by atoms with E-state index in [1.807, 2.05) is 32.9 Å². The summed E-state index contributed by atoms with van der Waals surface area (Å²) in [7, 11) is 0. The van der Waals surface area contributed by atoms with E-state index >= 15 is 0 Å². The lowest BCUT2D eigenvalue weighted by Gasteiger charge is -2.29. The van der Waals surface area contributed by atoms with Gasteiger partial charge in [0.1, 0.15) is 6.61 Å². The summed E-state index contributed by atoms with van der Waals surface area (Å²) in [4.78, 5) is 11.9. The zero-order valence-corrected chi connectivity index (χ0v) is 15.6. The van der Waals surface area contributed by atoms with Gasteiger partial charge in [0.2, 0.25) is 0 Å². The molecular weight excluding hydrogens is 314 g/mol. The first-order valence-corrected chi connectivity index (χ1v) is 9.25. The Hall–Kier alpha value is -1.86. The fraction of sp³-hybridized carbons (Fsp3) is 0.619. The molecule has 1 aliphatic carbocycles. The summed E-state index contributed by atoms with van der Waals surface area (Å²) in [5.74, 6) is 0.402. The SMILES string of the molecule is CCC(C)(C)C(=O)OCCOC1CCC(c2ccc(C#N)cc2)CC1. The maximum Gasteiger partial charge on any atom is 0.311 e. The molecule has 0 saturated heterocycles. The number of benzene rings is 1. The number of hydrogen-bond acceptors (Lipinski definition) is 4. The van der Waals surface area contributed by atoms with Crippen molar-refractivity contribution in [1.29, 1.82) is 5.26 Å². The molecule has 1 saturated carbocycles. The van der Waals surface area contributed by atoms with Gasteiger partial charge in [0.15, 0.2) is 0 Å². The van der Waals surface area contributed by atoms with E-state index < -0.39 is 5.41 Å². The molecule has 4 heteroatoms. The molecule has 0 radical (unpaired) electrons. The molecular formula is C21H29NO3. The molecule has 1 aliphatic rings. The standard InChI is InChI=1S/C21H29NO3/c1-4-21(2,3)20(23)25-14-13-24-19-11-9-18(10-12-19)17-7-5-16(15-22)6-8-17/h5-8,18-19H,4,9-14H2,1-3H3. The Labute approximate surface area is 151 Å². The second-order valence-corrected chi connectivity index (χ2v) is 7.45. The normalized spacial score (nSPS) is 20.7. The smallest absolute Gasteiger partial charge is 0.311 e. The fourth-order valence-corrected chi connectivity index (χ4v) is 3.08. The average Bonchev–Trinajstić information content (AvgIpc) is 2.65. The van der Waals surface area contributed by atoms with E-state index in [0.717, 1.165) is 32.1 Å². The number of esters is 1. The van der Waals surface area contributed by atoms with Crippen LogP contribution in [0, 0.1) is 16.7 Å². The zero-order valence-electron chi connectivity index (χ0n) is 15.6. The van der Waals surface area contributed by atoms with E-state index in [2.05, 4.69) is 18.2 Å². The molecule has 1 aromatic carbocycles. The summed E-state index contributed by atoms with van der Waals surface area (Å²) in [6, 6.07) is 10.1. The zero-order chi connectivity index (χ0) is 18.3. The monoisotopic (exact) mass is 343 g/mol. The van der Waals surface area contributed by atoms with Gasteiger partial charge in [-0.1, -0.05) is 19.1 Å². The third-order valence-corrected chi connectivity index (χ3v) is 5.29. The Morgan fingerprint density at radius 3 is 2.36 bits per heavy atom. The van der Waals surface area contributed by atoms with Crippen LogP contribution in [0.4, 0.5) is 0 Å². The molecule has 2 rings (SSSR count). The van der Waals surface area contributed by atoms with Crippen molar-refractivity contribution in [2.75, 3.05) is 13.2 Å². The Kier molecular flexibility index (Phi) is 7.01. The first-order chi connectivity index (χ1) is 12.0. The van der Waals surface area contributed by atoms with Gasteiger partial charge in [-0.3, -0.25) is 4.79 Å². The number of carbonyl (C=O) groups excluding carboxylic acids is 1. The van der Waals surface area contributed by atoms with E-state index in [1.165, 1.54) is 5.56 Å². The van der Waals surface area contributed by atoms with E-state index in [0.29, 0.717) is 24.7 Å². The molecule has 1 aromatic rings. The van der Waals surface area contributed by atoms with Crippen molar-refractivity contribution in [1.82, 2.24) is 0 Å². The summed E-state index contributed by atoms with van der Waals surface area (Å²) in [6.07, 6.45) is 5.27. The van der Waals surface area contributed by atoms with Crippen LogP contribution in [-0.2, 0) is 14.3 Å². The van der Waals surface area contributed by atoms with Crippen molar-refractivity contribution < 1.29 is 14.3 Å². The molecule has 0 N–H and O–H groups in total. The van der Waals surface area contributed by atoms with Crippen LogP contribution in [0.3, 0.4) is 0 Å². The van der Waals surface area contributed by atoms with Gasteiger partial charge in [0.05, 0.1) is 29.8 Å². The third kappa shape index (κ3) is 5.57. The van der Waals surface area contributed by atoms with Crippen LogP contribution in [0.25, 0.3) is 0 Å². The Balaban J connectivity index is 1.67. The number of nitriles is 1. The average molecular weight is 343 g/mol. The molecule has 0 unspecified atom stereocenters. The van der Waals surface area contributed by atoms with Gasteiger partial charge in [0, 0.05) is 0 Å². The molecule has 4 nitrogen and oxygen atoms in total. The van der Waals surface area contributed by atoms with Gasteiger partial charge in [-0.15, -0.1) is 0 Å². The molecule has 25 heavy (non-hydrogen) atoms. The van der Waals surface area contributed by atoms with Crippen LogP contribution in [-0.4, -0.2) is 25.3 Å². The number of carbonyl (C=O) groups is 1. The Bertz CT molecular complexity index is 593. The Morgan fingerprint density at radius 2 is 1.80 bits per heavy atom. The second kappa shape index (κ2) is 9.01. The fourth-order valence-electron chi connectivity index (χ4n) is 3.08. The van der Waals surface area contributed by atoms with Crippen molar-refractivity contribution in [2.45, 2.75) is 64.9 Å². The molecule has 0 heterocycles. The minimum Gasteiger partial charge on any atom is -0.463 e. The van der Waals surface area contributed by atoms with Crippen LogP contribution in [0.1, 0.15) is 69.9 Å². The van der Waals surface area contributed by atoms with E-state index in [-0.39, 0.29) is 12.1 Å². The van der Waals surface area contributed by atoms with Crippen molar-refractivity contribution in [3.05, 3.63) is 35.4 Å². The first kappa shape index (κ1) is 19.5. The molecule has 0 aliphatic heterocycles. The van der Waals surface area contributed by atoms with Crippen LogP contribution >= 0.6 is 0 Å². The second-order valence-electron chi connectivity index (χ2n) is 7.45. The van der Waals surface area contributed by atoms with Gasteiger partial charge < -0.3 is 9.47 Å². The lowest BCUT2D eigenvalue weighted by Crippen LogP contribution is -2.28. The highest BCUT2D eigenvalue weighted by molar-refractivity contribution is 5.75. The van der Waals surface area contributed by atoms with Crippen LogP contribution in [0.15, 0.2) is 24.3 Å². The largest absolute Gasteiger partial charge is 0.463 e. The maximum atomic E-state index is 11.9. The number of rotatable bonds is 7. The van der Waals surface area contributed by atoms with Crippen LogP contribution in [0.2, 0.25) is 0 Å².